The summed E-state index contributed by atoms with van der Waals surface area (Å²) in [6.45, 7) is 3.15. The molecule has 1 aromatic heterocycles. The molecule has 0 spiro atoms. The quantitative estimate of drug-likeness (QED) is 0.916. The highest BCUT2D eigenvalue weighted by Crippen LogP contribution is 2.16. The van der Waals surface area contributed by atoms with E-state index in [9.17, 15) is 9.18 Å². The molecule has 1 amide bonds. The number of benzene rings is 1. The lowest BCUT2D eigenvalue weighted by Crippen LogP contribution is -2.36. The van der Waals surface area contributed by atoms with E-state index in [0.717, 1.165) is 37.6 Å². The summed E-state index contributed by atoms with van der Waals surface area (Å²) in [5.74, 6) is 0.162. The summed E-state index contributed by atoms with van der Waals surface area (Å²) in [5, 5.41) is 2.79. The summed E-state index contributed by atoms with van der Waals surface area (Å²) < 4.78 is 18.2. The van der Waals surface area contributed by atoms with Gasteiger partial charge in [-0.1, -0.05) is 12.1 Å². The number of amides is 1. The van der Waals surface area contributed by atoms with Crippen molar-refractivity contribution in [1.29, 1.82) is 0 Å². The SMILES string of the molecule is O=C(CCc1ccc(F)cc1)Nc1ccc(N2CCOCC2)cn1. The predicted octanol–water partition coefficient (Wildman–Crippen LogP) is 2.63. The maximum absolute atomic E-state index is 12.8. The molecule has 5 nitrogen and oxygen atoms in total. The molecule has 126 valence electrons. The van der Waals surface area contributed by atoms with E-state index in [1.807, 2.05) is 6.07 Å². The third-order valence-electron chi connectivity index (χ3n) is 3.95. The lowest BCUT2D eigenvalue weighted by molar-refractivity contribution is -0.116. The van der Waals surface area contributed by atoms with E-state index in [2.05, 4.69) is 15.2 Å². The molecule has 1 fully saturated rings. The van der Waals surface area contributed by atoms with Crippen LogP contribution < -0.4 is 10.2 Å². The molecular weight excluding hydrogens is 309 g/mol. The van der Waals surface area contributed by atoms with Gasteiger partial charge in [0, 0.05) is 19.5 Å². The topological polar surface area (TPSA) is 54.5 Å². The van der Waals surface area contributed by atoms with Crippen LogP contribution in [0.3, 0.4) is 0 Å². The van der Waals surface area contributed by atoms with Gasteiger partial charge in [0.2, 0.25) is 5.91 Å². The van der Waals surface area contributed by atoms with Gasteiger partial charge in [0.05, 0.1) is 25.1 Å². The van der Waals surface area contributed by atoms with Gasteiger partial charge in [-0.3, -0.25) is 4.79 Å². The zero-order chi connectivity index (χ0) is 16.8. The van der Waals surface area contributed by atoms with Crippen LogP contribution in [-0.4, -0.2) is 37.2 Å². The monoisotopic (exact) mass is 329 g/mol. The standard InChI is InChI=1S/C18H20FN3O2/c19-15-4-1-14(2-5-15)3-8-18(23)21-17-7-6-16(13-20-17)22-9-11-24-12-10-22/h1-2,4-7,13H,3,8-12H2,(H,20,21,23). The van der Waals surface area contributed by atoms with E-state index in [-0.39, 0.29) is 11.7 Å². The third-order valence-corrected chi connectivity index (χ3v) is 3.95. The Morgan fingerprint density at radius 3 is 2.58 bits per heavy atom. The van der Waals surface area contributed by atoms with Gasteiger partial charge in [-0.25, -0.2) is 9.37 Å². The van der Waals surface area contributed by atoms with E-state index in [1.54, 1.807) is 24.4 Å². The van der Waals surface area contributed by atoms with Crippen LogP contribution in [0.15, 0.2) is 42.6 Å². The van der Waals surface area contributed by atoms with Gasteiger partial charge in [0.1, 0.15) is 11.6 Å². The molecule has 6 heteroatoms. The Balaban J connectivity index is 1.49. The number of hydrogen-bond donors (Lipinski definition) is 1. The van der Waals surface area contributed by atoms with Crippen LogP contribution in [0.5, 0.6) is 0 Å². The normalized spacial score (nSPS) is 14.5. The van der Waals surface area contributed by atoms with Crippen LogP contribution in [0.1, 0.15) is 12.0 Å². The smallest absolute Gasteiger partial charge is 0.225 e. The molecule has 2 aromatic rings. The number of hydrogen-bond acceptors (Lipinski definition) is 4. The average Bonchev–Trinajstić information content (AvgIpc) is 2.63. The maximum Gasteiger partial charge on any atom is 0.225 e. The summed E-state index contributed by atoms with van der Waals surface area (Å²) >= 11 is 0. The first-order chi connectivity index (χ1) is 11.7. The highest BCUT2D eigenvalue weighted by molar-refractivity contribution is 5.89. The Morgan fingerprint density at radius 1 is 1.17 bits per heavy atom. The minimum Gasteiger partial charge on any atom is -0.378 e. The Labute approximate surface area is 140 Å². The summed E-state index contributed by atoms with van der Waals surface area (Å²) in [4.78, 5) is 18.5. The Bertz CT molecular complexity index is 668. The molecule has 0 saturated carbocycles. The fourth-order valence-electron chi connectivity index (χ4n) is 2.58. The van der Waals surface area contributed by atoms with Crippen LogP contribution in [0, 0.1) is 5.82 Å². The lowest BCUT2D eigenvalue weighted by Gasteiger charge is -2.28. The number of pyridine rings is 1. The fraction of sp³-hybridized carbons (Fsp3) is 0.333. The van der Waals surface area contributed by atoms with Gasteiger partial charge >= 0.3 is 0 Å². The summed E-state index contributed by atoms with van der Waals surface area (Å²) in [6.07, 6.45) is 2.66. The lowest BCUT2D eigenvalue weighted by atomic mass is 10.1. The molecule has 3 rings (SSSR count). The van der Waals surface area contributed by atoms with E-state index in [0.29, 0.717) is 18.7 Å². The van der Waals surface area contributed by atoms with Crippen LogP contribution in [0.2, 0.25) is 0 Å². The predicted molar refractivity (Wildman–Crippen MR) is 90.6 cm³/mol. The zero-order valence-electron chi connectivity index (χ0n) is 13.4. The largest absolute Gasteiger partial charge is 0.378 e. The molecule has 0 radical (unpaired) electrons. The molecule has 2 heterocycles. The van der Waals surface area contributed by atoms with E-state index in [4.69, 9.17) is 4.74 Å². The van der Waals surface area contributed by atoms with Crippen molar-refractivity contribution in [3.63, 3.8) is 0 Å². The number of aromatic nitrogens is 1. The van der Waals surface area contributed by atoms with Crippen molar-refractivity contribution >= 4 is 17.4 Å². The van der Waals surface area contributed by atoms with Crippen LogP contribution in [0.25, 0.3) is 0 Å². The van der Waals surface area contributed by atoms with Crippen molar-refractivity contribution in [2.45, 2.75) is 12.8 Å². The highest BCUT2D eigenvalue weighted by Gasteiger charge is 2.11. The van der Waals surface area contributed by atoms with Gasteiger partial charge in [-0.2, -0.15) is 0 Å². The number of nitrogens with one attached hydrogen (secondary N) is 1. The van der Waals surface area contributed by atoms with Crippen LogP contribution in [0.4, 0.5) is 15.9 Å². The average molecular weight is 329 g/mol. The van der Waals surface area contributed by atoms with Crippen molar-refractivity contribution in [3.05, 3.63) is 54.0 Å². The second-order valence-electron chi connectivity index (χ2n) is 5.68. The second-order valence-corrected chi connectivity index (χ2v) is 5.68. The Morgan fingerprint density at radius 2 is 1.92 bits per heavy atom. The number of carbonyl (C=O) groups excluding carboxylic acids is 1. The fourth-order valence-corrected chi connectivity index (χ4v) is 2.58. The number of anilines is 2. The summed E-state index contributed by atoms with van der Waals surface area (Å²) in [5.41, 5.74) is 1.96. The van der Waals surface area contributed by atoms with E-state index >= 15 is 0 Å². The molecule has 1 aliphatic rings. The minimum atomic E-state index is -0.271. The zero-order valence-corrected chi connectivity index (χ0v) is 13.4. The van der Waals surface area contributed by atoms with Gasteiger partial charge in [0.15, 0.2) is 0 Å². The third kappa shape index (κ3) is 4.52. The molecular formula is C18H20FN3O2. The van der Waals surface area contributed by atoms with Gasteiger partial charge in [-0.15, -0.1) is 0 Å². The number of ether oxygens (including phenoxy) is 1. The minimum absolute atomic E-state index is 0.106. The maximum atomic E-state index is 12.8. The number of nitrogens with zero attached hydrogens (tertiary/aromatic N) is 2. The number of carbonyl (C=O) groups is 1. The van der Waals surface area contributed by atoms with Crippen LogP contribution >= 0.6 is 0 Å². The van der Waals surface area contributed by atoms with E-state index in [1.165, 1.54) is 12.1 Å². The van der Waals surface area contributed by atoms with Crippen molar-refractivity contribution in [3.8, 4) is 0 Å². The molecule has 1 aromatic carbocycles. The van der Waals surface area contributed by atoms with Crippen molar-refractivity contribution in [2.24, 2.45) is 0 Å². The van der Waals surface area contributed by atoms with Crippen LogP contribution in [-0.2, 0) is 16.0 Å². The Kier molecular flexibility index (Phi) is 5.38. The Hall–Kier alpha value is -2.47. The van der Waals surface area contributed by atoms with Crippen molar-refractivity contribution in [2.75, 3.05) is 36.5 Å². The highest BCUT2D eigenvalue weighted by atomic mass is 19.1. The molecule has 1 N–H and O–H groups in total. The van der Waals surface area contributed by atoms with Gasteiger partial charge < -0.3 is 15.0 Å². The first-order valence-corrected chi connectivity index (χ1v) is 8.04. The first kappa shape index (κ1) is 16.4. The molecule has 0 atom stereocenters. The second kappa shape index (κ2) is 7.88. The molecule has 0 aliphatic carbocycles. The number of aryl methyl sites for hydroxylation is 1. The van der Waals surface area contributed by atoms with Crippen molar-refractivity contribution < 1.29 is 13.9 Å². The molecule has 0 bridgehead atoms. The molecule has 0 unspecified atom stereocenters. The summed E-state index contributed by atoms with van der Waals surface area (Å²) in [6, 6.07) is 9.95. The molecule has 1 saturated heterocycles. The number of morpholine rings is 1. The number of halogens is 1. The number of rotatable bonds is 5. The summed E-state index contributed by atoms with van der Waals surface area (Å²) in [7, 11) is 0. The molecule has 24 heavy (non-hydrogen) atoms. The van der Waals surface area contributed by atoms with Gasteiger partial charge in [-0.05, 0) is 36.2 Å². The van der Waals surface area contributed by atoms with E-state index < -0.39 is 0 Å². The van der Waals surface area contributed by atoms with Gasteiger partial charge in [0.25, 0.3) is 0 Å². The first-order valence-electron chi connectivity index (χ1n) is 8.04. The molecule has 1 aliphatic heterocycles. The van der Waals surface area contributed by atoms with Crippen molar-refractivity contribution in [1.82, 2.24) is 4.98 Å².